The molecular weight excluding hydrogens is 292 g/mol. The van der Waals surface area contributed by atoms with Gasteiger partial charge in [0, 0.05) is 18.7 Å². The number of aliphatic hydroxyl groups is 1. The molecule has 98 valence electrons. The summed E-state index contributed by atoms with van der Waals surface area (Å²) in [6.07, 6.45) is 9.44. The third-order valence-electron chi connectivity index (χ3n) is 2.88. The Bertz CT molecular complexity index is 381. The fraction of sp³-hybridized carbons (Fsp3) is 0.467. The summed E-state index contributed by atoms with van der Waals surface area (Å²) in [5, 5.41) is 10.7. The monoisotopic (exact) mass is 310 g/mol. The lowest BCUT2D eigenvalue weighted by Crippen LogP contribution is -2.27. The molecule has 3 heteroatoms. The maximum Gasteiger partial charge on any atom is 0.215 e. The average Bonchev–Trinajstić information content (AvgIpc) is 2.35. The van der Waals surface area contributed by atoms with Gasteiger partial charge in [-0.15, -0.1) is 0 Å². The SMILES string of the molecule is C#COC(C)(O)CCC(CBr)Cc1ccccc1. The van der Waals surface area contributed by atoms with E-state index in [9.17, 15) is 5.11 Å². The highest BCUT2D eigenvalue weighted by molar-refractivity contribution is 9.09. The third-order valence-corrected chi connectivity index (χ3v) is 3.80. The highest BCUT2D eigenvalue weighted by atomic mass is 79.9. The molecular formula is C15H19BrO2. The quantitative estimate of drug-likeness (QED) is 0.475. The molecule has 0 aromatic heterocycles. The molecule has 1 aromatic carbocycles. The topological polar surface area (TPSA) is 29.5 Å². The largest absolute Gasteiger partial charge is 0.413 e. The van der Waals surface area contributed by atoms with Crippen molar-refractivity contribution in [3.05, 3.63) is 35.9 Å². The molecule has 1 aromatic rings. The van der Waals surface area contributed by atoms with Gasteiger partial charge in [-0.05, 0) is 24.3 Å². The average molecular weight is 311 g/mol. The molecule has 0 saturated carbocycles. The van der Waals surface area contributed by atoms with E-state index in [0.29, 0.717) is 12.3 Å². The maximum absolute atomic E-state index is 9.84. The molecule has 0 aliphatic heterocycles. The minimum Gasteiger partial charge on any atom is -0.413 e. The number of hydrogen-bond acceptors (Lipinski definition) is 2. The first-order valence-electron chi connectivity index (χ1n) is 6.03. The van der Waals surface area contributed by atoms with Crippen LogP contribution in [0, 0.1) is 18.4 Å². The van der Waals surface area contributed by atoms with E-state index in [1.807, 2.05) is 24.3 Å². The van der Waals surface area contributed by atoms with Crippen LogP contribution < -0.4 is 0 Å². The fourth-order valence-electron chi connectivity index (χ4n) is 1.83. The lowest BCUT2D eigenvalue weighted by molar-refractivity contribution is -0.149. The third kappa shape index (κ3) is 5.57. The predicted molar refractivity (Wildman–Crippen MR) is 77.2 cm³/mol. The van der Waals surface area contributed by atoms with Crippen LogP contribution in [0.3, 0.4) is 0 Å². The Balaban J connectivity index is 2.46. The first-order valence-corrected chi connectivity index (χ1v) is 7.15. The zero-order chi connectivity index (χ0) is 13.4. The predicted octanol–water partition coefficient (Wildman–Crippen LogP) is 3.34. The highest BCUT2D eigenvalue weighted by Crippen LogP contribution is 2.22. The molecule has 18 heavy (non-hydrogen) atoms. The van der Waals surface area contributed by atoms with Crippen LogP contribution in [0.25, 0.3) is 0 Å². The number of rotatable bonds is 7. The summed E-state index contributed by atoms with van der Waals surface area (Å²) in [6.45, 7) is 1.60. The molecule has 0 bridgehead atoms. The second-order valence-corrected chi connectivity index (χ2v) is 5.29. The zero-order valence-corrected chi connectivity index (χ0v) is 12.2. The molecule has 2 nitrogen and oxygen atoms in total. The molecule has 1 N–H and O–H groups in total. The van der Waals surface area contributed by atoms with E-state index in [0.717, 1.165) is 18.2 Å². The molecule has 0 heterocycles. The Morgan fingerprint density at radius 3 is 2.67 bits per heavy atom. The van der Waals surface area contributed by atoms with Crippen molar-refractivity contribution in [2.24, 2.45) is 5.92 Å². The van der Waals surface area contributed by atoms with Gasteiger partial charge in [0.2, 0.25) is 5.79 Å². The van der Waals surface area contributed by atoms with Crippen LogP contribution in [0.2, 0.25) is 0 Å². The summed E-state index contributed by atoms with van der Waals surface area (Å²) in [5.74, 6) is -0.772. The van der Waals surface area contributed by atoms with Crippen molar-refractivity contribution in [2.75, 3.05) is 5.33 Å². The highest BCUT2D eigenvalue weighted by Gasteiger charge is 2.23. The van der Waals surface area contributed by atoms with E-state index >= 15 is 0 Å². The summed E-state index contributed by atoms with van der Waals surface area (Å²) in [6, 6.07) is 10.3. The van der Waals surface area contributed by atoms with Gasteiger partial charge in [0.15, 0.2) is 0 Å². The Morgan fingerprint density at radius 2 is 2.11 bits per heavy atom. The molecule has 0 spiro atoms. The molecule has 0 saturated heterocycles. The normalized spacial score (nSPS) is 15.4. The van der Waals surface area contributed by atoms with Crippen molar-refractivity contribution in [1.82, 2.24) is 0 Å². The Labute approximate surface area is 117 Å². The zero-order valence-electron chi connectivity index (χ0n) is 10.6. The second kappa shape index (κ2) is 7.45. The van der Waals surface area contributed by atoms with Crippen molar-refractivity contribution in [2.45, 2.75) is 32.0 Å². The van der Waals surface area contributed by atoms with Gasteiger partial charge < -0.3 is 9.84 Å². The van der Waals surface area contributed by atoms with Gasteiger partial charge in [-0.1, -0.05) is 52.7 Å². The van der Waals surface area contributed by atoms with Gasteiger partial charge in [0.25, 0.3) is 0 Å². The van der Waals surface area contributed by atoms with Gasteiger partial charge >= 0.3 is 0 Å². The number of terminal acetylenes is 1. The van der Waals surface area contributed by atoms with Crippen LogP contribution in [-0.4, -0.2) is 16.2 Å². The molecule has 2 atom stereocenters. The Morgan fingerprint density at radius 1 is 1.44 bits per heavy atom. The fourth-order valence-corrected chi connectivity index (χ4v) is 2.38. The summed E-state index contributed by atoms with van der Waals surface area (Å²) >= 11 is 3.52. The maximum atomic E-state index is 9.84. The first-order chi connectivity index (χ1) is 8.57. The van der Waals surface area contributed by atoms with Crippen molar-refractivity contribution in [3.63, 3.8) is 0 Å². The first kappa shape index (κ1) is 15.1. The molecule has 0 amide bonds. The lowest BCUT2D eigenvalue weighted by atomic mass is 9.94. The van der Waals surface area contributed by atoms with Crippen LogP contribution in [0.15, 0.2) is 30.3 Å². The van der Waals surface area contributed by atoms with Gasteiger partial charge in [0.1, 0.15) is 6.11 Å². The molecule has 0 aliphatic carbocycles. The molecule has 0 radical (unpaired) electrons. The molecule has 1 rings (SSSR count). The van der Waals surface area contributed by atoms with Crippen molar-refractivity contribution in [1.29, 1.82) is 0 Å². The van der Waals surface area contributed by atoms with Gasteiger partial charge in [-0.25, -0.2) is 0 Å². The number of benzene rings is 1. The van der Waals surface area contributed by atoms with E-state index in [4.69, 9.17) is 11.2 Å². The van der Waals surface area contributed by atoms with Gasteiger partial charge in [-0.2, -0.15) is 0 Å². The number of hydrogen-bond donors (Lipinski definition) is 1. The number of alkyl halides is 1. The molecule has 0 fully saturated rings. The number of ether oxygens (including phenoxy) is 1. The molecule has 0 aliphatic rings. The lowest BCUT2D eigenvalue weighted by Gasteiger charge is -2.23. The standard InChI is InChI=1S/C15H19BrO2/c1-3-18-15(2,17)10-9-14(12-16)11-13-7-5-4-6-8-13/h1,4-8,14,17H,9-12H2,2H3. The Kier molecular flexibility index (Phi) is 6.24. The number of halogens is 1. The minimum absolute atomic E-state index is 0.459. The molecule has 2 unspecified atom stereocenters. The summed E-state index contributed by atoms with van der Waals surface area (Å²) in [7, 11) is 0. The van der Waals surface area contributed by atoms with Gasteiger partial charge in [0.05, 0.1) is 0 Å². The van der Waals surface area contributed by atoms with E-state index < -0.39 is 5.79 Å². The van der Waals surface area contributed by atoms with E-state index in [1.54, 1.807) is 6.92 Å². The van der Waals surface area contributed by atoms with Crippen molar-refractivity contribution >= 4 is 15.9 Å². The van der Waals surface area contributed by atoms with Crippen molar-refractivity contribution in [3.8, 4) is 12.5 Å². The smallest absolute Gasteiger partial charge is 0.215 e. The van der Waals surface area contributed by atoms with Crippen LogP contribution in [0.1, 0.15) is 25.3 Å². The second-order valence-electron chi connectivity index (χ2n) is 4.64. The summed E-state index contributed by atoms with van der Waals surface area (Å²) in [4.78, 5) is 0. The Hall–Kier alpha value is -0.980. The minimum atomic E-state index is -1.23. The van der Waals surface area contributed by atoms with E-state index in [2.05, 4.69) is 28.1 Å². The summed E-state index contributed by atoms with van der Waals surface area (Å²) in [5.41, 5.74) is 1.31. The van der Waals surface area contributed by atoms with Crippen LogP contribution in [0.4, 0.5) is 0 Å². The van der Waals surface area contributed by atoms with Crippen LogP contribution in [-0.2, 0) is 11.2 Å². The van der Waals surface area contributed by atoms with Gasteiger partial charge in [-0.3, -0.25) is 0 Å². The summed E-state index contributed by atoms with van der Waals surface area (Å²) < 4.78 is 4.84. The van der Waals surface area contributed by atoms with Crippen LogP contribution in [0.5, 0.6) is 0 Å². The van der Waals surface area contributed by atoms with E-state index in [-0.39, 0.29) is 0 Å². The van der Waals surface area contributed by atoms with Crippen LogP contribution >= 0.6 is 15.9 Å². The van der Waals surface area contributed by atoms with Crippen molar-refractivity contribution < 1.29 is 9.84 Å². The van der Waals surface area contributed by atoms with E-state index in [1.165, 1.54) is 5.56 Å².